The van der Waals surface area contributed by atoms with E-state index in [-0.39, 0.29) is 5.41 Å². The predicted octanol–water partition coefficient (Wildman–Crippen LogP) is 3.19. The fourth-order valence-electron chi connectivity index (χ4n) is 4.64. The van der Waals surface area contributed by atoms with Crippen LogP contribution in [0, 0.1) is 0 Å². The molecule has 3 heterocycles. The number of aromatic nitrogens is 3. The van der Waals surface area contributed by atoms with Crippen LogP contribution in [0.3, 0.4) is 0 Å². The minimum atomic E-state index is 0.108. The number of hydrogen-bond acceptors (Lipinski definition) is 6. The molecule has 2 aliphatic rings. The number of likely N-dealkylation sites (tertiary alicyclic amines) is 1. The normalized spacial score (nSPS) is 22.2. The topological polar surface area (TPSA) is 81.1 Å². The van der Waals surface area contributed by atoms with Crippen LogP contribution in [0.4, 0.5) is 5.95 Å². The number of aryl methyl sites for hydroxylation is 1. The second kappa shape index (κ2) is 6.46. The van der Waals surface area contributed by atoms with Gasteiger partial charge < -0.3 is 10.2 Å². The van der Waals surface area contributed by atoms with Gasteiger partial charge in [-0.2, -0.15) is 0 Å². The lowest BCUT2D eigenvalue weighted by Crippen LogP contribution is -2.45. The third-order valence-corrected chi connectivity index (χ3v) is 5.87. The first-order valence-corrected chi connectivity index (χ1v) is 9.56. The SMILES string of the molecule is Nc1ncc2c(n1)C1(CCCN(Cc3coc(-c4ccccc4)n3)C1)CC2. The molecule has 1 spiro atoms. The molecule has 1 aromatic carbocycles. The van der Waals surface area contributed by atoms with Crippen molar-refractivity contribution in [2.45, 2.75) is 37.6 Å². The summed E-state index contributed by atoms with van der Waals surface area (Å²) in [5.74, 6) is 1.07. The van der Waals surface area contributed by atoms with Crippen LogP contribution in [-0.2, 0) is 18.4 Å². The number of piperidine rings is 1. The second-order valence-electron chi connectivity index (χ2n) is 7.71. The van der Waals surface area contributed by atoms with Crippen LogP contribution in [0.15, 0.2) is 47.2 Å². The average Bonchev–Trinajstić information content (AvgIpc) is 3.29. The molecule has 5 rings (SSSR count). The highest BCUT2D eigenvalue weighted by Gasteiger charge is 2.43. The van der Waals surface area contributed by atoms with Crippen LogP contribution in [0.2, 0.25) is 0 Å². The second-order valence-corrected chi connectivity index (χ2v) is 7.71. The molecule has 1 aliphatic carbocycles. The summed E-state index contributed by atoms with van der Waals surface area (Å²) in [6.07, 6.45) is 8.20. The minimum absolute atomic E-state index is 0.108. The fourth-order valence-corrected chi connectivity index (χ4v) is 4.64. The molecule has 2 aromatic heterocycles. The Morgan fingerprint density at radius 1 is 1.15 bits per heavy atom. The van der Waals surface area contributed by atoms with E-state index in [9.17, 15) is 0 Å². The van der Waals surface area contributed by atoms with Gasteiger partial charge >= 0.3 is 0 Å². The highest BCUT2D eigenvalue weighted by molar-refractivity contribution is 5.52. The summed E-state index contributed by atoms with van der Waals surface area (Å²) in [7, 11) is 0. The van der Waals surface area contributed by atoms with Crippen molar-refractivity contribution < 1.29 is 4.42 Å². The summed E-state index contributed by atoms with van der Waals surface area (Å²) in [6, 6.07) is 10.0. The molecule has 0 amide bonds. The summed E-state index contributed by atoms with van der Waals surface area (Å²) in [5.41, 5.74) is 10.4. The number of hydrogen-bond donors (Lipinski definition) is 1. The maximum absolute atomic E-state index is 5.88. The molecule has 0 saturated carbocycles. The molecule has 1 fully saturated rings. The van der Waals surface area contributed by atoms with Gasteiger partial charge in [-0.25, -0.2) is 15.0 Å². The molecule has 6 nitrogen and oxygen atoms in total. The Morgan fingerprint density at radius 3 is 2.93 bits per heavy atom. The Bertz CT molecular complexity index is 950. The summed E-state index contributed by atoms with van der Waals surface area (Å²) >= 11 is 0. The number of nitrogens with zero attached hydrogens (tertiary/aromatic N) is 4. The van der Waals surface area contributed by atoms with Crippen LogP contribution in [0.5, 0.6) is 0 Å². The molecule has 2 N–H and O–H groups in total. The molecule has 1 aliphatic heterocycles. The maximum atomic E-state index is 5.88. The van der Waals surface area contributed by atoms with Gasteiger partial charge in [-0.15, -0.1) is 0 Å². The Balaban J connectivity index is 1.35. The molecule has 0 bridgehead atoms. The number of nitrogen functional groups attached to an aromatic ring is 1. The van der Waals surface area contributed by atoms with Gasteiger partial charge in [0.1, 0.15) is 6.26 Å². The van der Waals surface area contributed by atoms with Crippen LogP contribution in [-0.4, -0.2) is 32.9 Å². The highest BCUT2D eigenvalue weighted by Crippen LogP contribution is 2.44. The summed E-state index contributed by atoms with van der Waals surface area (Å²) < 4.78 is 5.71. The Kier molecular flexibility index (Phi) is 3.93. The van der Waals surface area contributed by atoms with Gasteiger partial charge in [0.25, 0.3) is 0 Å². The van der Waals surface area contributed by atoms with Gasteiger partial charge in [0, 0.05) is 30.3 Å². The third kappa shape index (κ3) is 3.00. The Morgan fingerprint density at radius 2 is 2.04 bits per heavy atom. The zero-order valence-corrected chi connectivity index (χ0v) is 15.3. The van der Waals surface area contributed by atoms with Gasteiger partial charge in [0.15, 0.2) is 0 Å². The number of fused-ring (bicyclic) bond motifs is 2. The summed E-state index contributed by atoms with van der Waals surface area (Å²) in [6.45, 7) is 2.86. The van der Waals surface area contributed by atoms with Crippen molar-refractivity contribution in [3.8, 4) is 11.5 Å². The predicted molar refractivity (Wildman–Crippen MR) is 103 cm³/mol. The van der Waals surface area contributed by atoms with Crippen molar-refractivity contribution in [1.82, 2.24) is 19.9 Å². The van der Waals surface area contributed by atoms with Gasteiger partial charge in [0.05, 0.1) is 11.4 Å². The van der Waals surface area contributed by atoms with E-state index < -0.39 is 0 Å². The molecule has 138 valence electrons. The molecule has 0 radical (unpaired) electrons. The van der Waals surface area contributed by atoms with Crippen molar-refractivity contribution in [3.05, 3.63) is 59.7 Å². The van der Waals surface area contributed by atoms with Crippen molar-refractivity contribution in [1.29, 1.82) is 0 Å². The summed E-state index contributed by atoms with van der Waals surface area (Å²) in [5, 5.41) is 0. The molecule has 1 unspecified atom stereocenters. The van der Waals surface area contributed by atoms with E-state index in [1.807, 2.05) is 36.5 Å². The molecule has 27 heavy (non-hydrogen) atoms. The molecule has 1 atom stereocenters. The van der Waals surface area contributed by atoms with Crippen LogP contribution >= 0.6 is 0 Å². The molecular weight excluding hydrogens is 338 g/mol. The van der Waals surface area contributed by atoms with Crippen molar-refractivity contribution >= 4 is 5.95 Å². The highest BCUT2D eigenvalue weighted by atomic mass is 16.3. The first-order chi connectivity index (χ1) is 13.2. The minimum Gasteiger partial charge on any atom is -0.444 e. The first-order valence-electron chi connectivity index (χ1n) is 9.56. The number of anilines is 1. The molecule has 6 heteroatoms. The smallest absolute Gasteiger partial charge is 0.226 e. The molecule has 1 saturated heterocycles. The molecule has 3 aromatic rings. The van der Waals surface area contributed by atoms with Crippen LogP contribution < -0.4 is 5.73 Å². The monoisotopic (exact) mass is 361 g/mol. The lowest BCUT2D eigenvalue weighted by Gasteiger charge is -2.40. The van der Waals surface area contributed by atoms with Crippen molar-refractivity contribution in [2.75, 3.05) is 18.8 Å². The standard InChI is InChI=1S/C21H23N5O/c22-20-23-11-16-7-9-21(18(16)25-20)8-4-10-26(14-21)12-17-13-27-19(24-17)15-5-2-1-3-6-15/h1-3,5-6,11,13H,4,7-10,12,14H2,(H2,22,23,25). The van der Waals surface area contributed by atoms with Gasteiger partial charge in [0.2, 0.25) is 11.8 Å². The lowest BCUT2D eigenvalue weighted by molar-refractivity contribution is 0.135. The number of rotatable bonds is 3. The van der Waals surface area contributed by atoms with E-state index in [4.69, 9.17) is 15.1 Å². The van der Waals surface area contributed by atoms with E-state index in [0.29, 0.717) is 11.8 Å². The van der Waals surface area contributed by atoms with Crippen molar-refractivity contribution in [3.63, 3.8) is 0 Å². The van der Waals surface area contributed by atoms with Gasteiger partial charge in [-0.1, -0.05) is 18.2 Å². The fraction of sp³-hybridized carbons (Fsp3) is 0.381. The Hall–Kier alpha value is -2.73. The van der Waals surface area contributed by atoms with E-state index >= 15 is 0 Å². The number of oxazole rings is 1. The van der Waals surface area contributed by atoms with Crippen molar-refractivity contribution in [2.24, 2.45) is 0 Å². The van der Waals surface area contributed by atoms with Gasteiger partial charge in [-0.05, 0) is 49.9 Å². The summed E-state index contributed by atoms with van der Waals surface area (Å²) in [4.78, 5) is 16.0. The van der Waals surface area contributed by atoms with E-state index in [1.165, 1.54) is 17.7 Å². The Labute approximate surface area is 158 Å². The maximum Gasteiger partial charge on any atom is 0.226 e. The van der Waals surface area contributed by atoms with E-state index in [0.717, 1.165) is 50.2 Å². The average molecular weight is 361 g/mol. The third-order valence-electron chi connectivity index (χ3n) is 5.87. The zero-order chi connectivity index (χ0) is 18.3. The van der Waals surface area contributed by atoms with E-state index in [1.54, 1.807) is 6.26 Å². The van der Waals surface area contributed by atoms with E-state index in [2.05, 4.69) is 14.9 Å². The largest absolute Gasteiger partial charge is 0.444 e. The lowest BCUT2D eigenvalue weighted by atomic mass is 9.77. The number of benzene rings is 1. The zero-order valence-electron chi connectivity index (χ0n) is 15.3. The number of nitrogens with two attached hydrogens (primary N) is 1. The first kappa shape index (κ1) is 16.4. The quantitative estimate of drug-likeness (QED) is 0.772. The molecular formula is C21H23N5O. The van der Waals surface area contributed by atoms with Crippen LogP contribution in [0.1, 0.15) is 36.2 Å². The van der Waals surface area contributed by atoms with Gasteiger partial charge in [-0.3, -0.25) is 4.90 Å². The van der Waals surface area contributed by atoms with Crippen LogP contribution in [0.25, 0.3) is 11.5 Å².